The van der Waals surface area contributed by atoms with Crippen molar-refractivity contribution in [2.75, 3.05) is 0 Å². The van der Waals surface area contributed by atoms with Crippen molar-refractivity contribution in [1.82, 2.24) is 5.32 Å². The first kappa shape index (κ1) is 14.7. The second-order valence-electron chi connectivity index (χ2n) is 5.06. The molecule has 2 amide bonds. The zero-order valence-corrected chi connectivity index (χ0v) is 11.1. The Hall–Kier alpha value is -2.35. The third kappa shape index (κ3) is 5.21. The molecule has 0 atom stereocenters. The molecule has 0 fully saturated rings. The van der Waals surface area contributed by atoms with Gasteiger partial charge in [-0.05, 0) is 31.5 Å². The zero-order valence-electron chi connectivity index (χ0n) is 11.1. The van der Waals surface area contributed by atoms with E-state index in [0.717, 1.165) is 5.56 Å². The standard InChI is InChI=1S/C14H17N3O2/c1-14(2,8-12(16)18)17-13(19)7-10-3-5-11(9-15)6-4-10/h3-6H,7-8H2,1-2H3,(H2,16,18)(H,17,19). The van der Waals surface area contributed by atoms with Crippen LogP contribution in [0.3, 0.4) is 0 Å². The van der Waals surface area contributed by atoms with E-state index in [4.69, 9.17) is 11.0 Å². The van der Waals surface area contributed by atoms with Crippen molar-refractivity contribution in [2.24, 2.45) is 5.73 Å². The fraction of sp³-hybridized carbons (Fsp3) is 0.357. The van der Waals surface area contributed by atoms with Gasteiger partial charge in [0.05, 0.1) is 18.1 Å². The molecule has 100 valence electrons. The Balaban J connectivity index is 2.60. The fourth-order valence-corrected chi connectivity index (χ4v) is 1.78. The van der Waals surface area contributed by atoms with Crippen LogP contribution >= 0.6 is 0 Å². The average Bonchev–Trinajstić information content (AvgIpc) is 2.27. The van der Waals surface area contributed by atoms with Gasteiger partial charge in [0.25, 0.3) is 0 Å². The van der Waals surface area contributed by atoms with E-state index in [1.165, 1.54) is 0 Å². The van der Waals surface area contributed by atoms with Gasteiger partial charge in [0, 0.05) is 12.0 Å². The number of rotatable bonds is 5. The first-order valence-electron chi connectivity index (χ1n) is 5.91. The molecule has 0 aliphatic rings. The Labute approximate surface area is 112 Å². The van der Waals surface area contributed by atoms with E-state index >= 15 is 0 Å². The van der Waals surface area contributed by atoms with Crippen molar-refractivity contribution in [3.63, 3.8) is 0 Å². The summed E-state index contributed by atoms with van der Waals surface area (Å²) in [6, 6.07) is 8.81. The predicted molar refractivity (Wildman–Crippen MR) is 70.9 cm³/mol. The number of nitrogens with two attached hydrogens (primary N) is 1. The lowest BCUT2D eigenvalue weighted by molar-refractivity contribution is -0.123. The van der Waals surface area contributed by atoms with E-state index in [-0.39, 0.29) is 18.7 Å². The van der Waals surface area contributed by atoms with E-state index < -0.39 is 11.4 Å². The third-order valence-corrected chi connectivity index (χ3v) is 2.54. The topological polar surface area (TPSA) is 96.0 Å². The van der Waals surface area contributed by atoms with Gasteiger partial charge in [0.15, 0.2) is 0 Å². The zero-order chi connectivity index (χ0) is 14.5. The van der Waals surface area contributed by atoms with Crippen LogP contribution in [-0.2, 0) is 16.0 Å². The van der Waals surface area contributed by atoms with Gasteiger partial charge in [0.2, 0.25) is 11.8 Å². The fourth-order valence-electron chi connectivity index (χ4n) is 1.78. The molecule has 0 aliphatic carbocycles. The van der Waals surface area contributed by atoms with Crippen LogP contribution in [0.25, 0.3) is 0 Å². The number of nitriles is 1. The smallest absolute Gasteiger partial charge is 0.224 e. The molecular weight excluding hydrogens is 242 g/mol. The molecule has 0 bridgehead atoms. The molecule has 0 unspecified atom stereocenters. The summed E-state index contributed by atoms with van der Waals surface area (Å²) >= 11 is 0. The molecule has 1 rings (SSSR count). The highest BCUT2D eigenvalue weighted by Crippen LogP contribution is 2.09. The molecule has 1 aromatic carbocycles. The Morgan fingerprint density at radius 2 is 1.89 bits per heavy atom. The number of carbonyl (C=O) groups is 2. The molecule has 0 radical (unpaired) electrons. The van der Waals surface area contributed by atoms with E-state index in [1.54, 1.807) is 38.1 Å². The number of nitrogens with one attached hydrogen (secondary N) is 1. The van der Waals surface area contributed by atoms with E-state index in [0.29, 0.717) is 5.56 Å². The molecule has 0 heterocycles. The Bertz CT molecular complexity index is 512. The summed E-state index contributed by atoms with van der Waals surface area (Å²) in [6.07, 6.45) is 0.292. The van der Waals surface area contributed by atoms with Crippen molar-refractivity contribution in [3.05, 3.63) is 35.4 Å². The summed E-state index contributed by atoms with van der Waals surface area (Å²) < 4.78 is 0. The molecule has 5 heteroatoms. The van der Waals surface area contributed by atoms with Crippen LogP contribution in [0.1, 0.15) is 31.4 Å². The molecule has 1 aromatic rings. The second-order valence-corrected chi connectivity index (χ2v) is 5.06. The molecule has 19 heavy (non-hydrogen) atoms. The lowest BCUT2D eigenvalue weighted by atomic mass is 9.99. The maximum atomic E-state index is 11.8. The number of amides is 2. The van der Waals surface area contributed by atoms with Crippen molar-refractivity contribution in [3.8, 4) is 6.07 Å². The highest BCUT2D eigenvalue weighted by molar-refractivity contribution is 5.81. The van der Waals surface area contributed by atoms with Gasteiger partial charge in [-0.15, -0.1) is 0 Å². The number of hydrogen-bond acceptors (Lipinski definition) is 3. The predicted octanol–water partition coefficient (Wildman–Crippen LogP) is 0.871. The van der Waals surface area contributed by atoms with Crippen LogP contribution in [-0.4, -0.2) is 17.4 Å². The maximum absolute atomic E-state index is 11.8. The highest BCUT2D eigenvalue weighted by Gasteiger charge is 2.22. The van der Waals surface area contributed by atoms with Crippen molar-refractivity contribution in [2.45, 2.75) is 32.2 Å². The van der Waals surface area contributed by atoms with Gasteiger partial charge in [0.1, 0.15) is 0 Å². The van der Waals surface area contributed by atoms with Crippen molar-refractivity contribution >= 4 is 11.8 Å². The Kier molecular flexibility index (Phi) is 4.65. The molecule has 0 aromatic heterocycles. The first-order chi connectivity index (χ1) is 8.82. The molecule has 3 N–H and O–H groups in total. The van der Waals surface area contributed by atoms with Gasteiger partial charge in [-0.25, -0.2) is 0 Å². The molecule has 0 aliphatic heterocycles. The van der Waals surface area contributed by atoms with Gasteiger partial charge in [-0.1, -0.05) is 12.1 Å². The second kappa shape index (κ2) is 6.01. The summed E-state index contributed by atoms with van der Waals surface area (Å²) in [5.41, 5.74) is 5.83. The van der Waals surface area contributed by atoms with E-state index in [2.05, 4.69) is 5.32 Å². The monoisotopic (exact) mass is 259 g/mol. The van der Waals surface area contributed by atoms with Crippen LogP contribution in [0.2, 0.25) is 0 Å². The lowest BCUT2D eigenvalue weighted by Gasteiger charge is -2.24. The minimum absolute atomic E-state index is 0.0894. The molecule has 0 saturated carbocycles. The van der Waals surface area contributed by atoms with Crippen LogP contribution in [0.5, 0.6) is 0 Å². The summed E-state index contributed by atoms with van der Waals surface area (Å²) in [6.45, 7) is 3.49. The van der Waals surface area contributed by atoms with E-state index in [1.807, 2.05) is 6.07 Å². The minimum atomic E-state index is -0.657. The highest BCUT2D eigenvalue weighted by atomic mass is 16.2. The van der Waals surface area contributed by atoms with Crippen LogP contribution < -0.4 is 11.1 Å². The maximum Gasteiger partial charge on any atom is 0.224 e. The van der Waals surface area contributed by atoms with Gasteiger partial charge < -0.3 is 11.1 Å². The largest absolute Gasteiger partial charge is 0.370 e. The number of carbonyl (C=O) groups excluding carboxylic acids is 2. The SMILES string of the molecule is CC(C)(CC(N)=O)NC(=O)Cc1ccc(C#N)cc1. The normalized spacial score (nSPS) is 10.6. The number of hydrogen-bond donors (Lipinski definition) is 2. The summed E-state index contributed by atoms with van der Waals surface area (Å²) in [5, 5.41) is 11.4. The van der Waals surface area contributed by atoms with Crippen LogP contribution in [0, 0.1) is 11.3 Å². The quantitative estimate of drug-likeness (QED) is 0.821. The molecule has 0 spiro atoms. The minimum Gasteiger partial charge on any atom is -0.370 e. The first-order valence-corrected chi connectivity index (χ1v) is 5.91. The van der Waals surface area contributed by atoms with Crippen molar-refractivity contribution < 1.29 is 9.59 Å². The Morgan fingerprint density at radius 1 is 1.32 bits per heavy atom. The lowest BCUT2D eigenvalue weighted by Crippen LogP contribution is -2.46. The Morgan fingerprint density at radius 3 is 2.37 bits per heavy atom. The summed E-state index contributed by atoms with van der Waals surface area (Å²) in [7, 11) is 0. The van der Waals surface area contributed by atoms with Crippen LogP contribution in [0.4, 0.5) is 0 Å². The average molecular weight is 259 g/mol. The molecular formula is C14H17N3O2. The third-order valence-electron chi connectivity index (χ3n) is 2.54. The summed E-state index contributed by atoms with van der Waals surface area (Å²) in [5.74, 6) is -0.639. The summed E-state index contributed by atoms with van der Waals surface area (Å²) in [4.78, 5) is 22.7. The van der Waals surface area contributed by atoms with E-state index in [9.17, 15) is 9.59 Å². The van der Waals surface area contributed by atoms with Gasteiger partial charge in [-0.3, -0.25) is 9.59 Å². The van der Waals surface area contributed by atoms with Gasteiger partial charge in [-0.2, -0.15) is 5.26 Å². The van der Waals surface area contributed by atoms with Crippen LogP contribution in [0.15, 0.2) is 24.3 Å². The number of primary amides is 1. The molecule has 5 nitrogen and oxygen atoms in total. The number of benzene rings is 1. The molecule has 0 saturated heterocycles. The van der Waals surface area contributed by atoms with Gasteiger partial charge >= 0.3 is 0 Å². The van der Waals surface area contributed by atoms with Crippen molar-refractivity contribution in [1.29, 1.82) is 5.26 Å². The number of nitrogens with zero attached hydrogens (tertiary/aromatic N) is 1.